The van der Waals surface area contributed by atoms with Crippen LogP contribution in [-0.4, -0.2) is 65.6 Å². The first kappa shape index (κ1) is 17.7. The van der Waals surface area contributed by atoms with Gasteiger partial charge in [0.1, 0.15) is 30.3 Å². The largest absolute Gasteiger partial charge is 0.481 e. The van der Waals surface area contributed by atoms with Crippen molar-refractivity contribution in [2.45, 2.75) is 24.9 Å². The third-order valence-corrected chi connectivity index (χ3v) is 4.90. The topological polar surface area (TPSA) is 183 Å². The highest BCUT2D eigenvalue weighted by atomic mass is 31.2. The van der Waals surface area contributed by atoms with Crippen LogP contribution in [0.1, 0.15) is 12.6 Å². The predicted octanol–water partition coefficient (Wildman–Crippen LogP) is -0.657. The van der Waals surface area contributed by atoms with Crippen LogP contribution in [0.2, 0.25) is 0 Å². The van der Waals surface area contributed by atoms with Crippen LogP contribution in [0.3, 0.4) is 0 Å². The quantitative estimate of drug-likeness (QED) is 0.472. The second-order valence-corrected chi connectivity index (χ2v) is 7.35. The Kier molecular flexibility index (Phi) is 4.71. The molecule has 4 unspecified atom stereocenters. The monoisotopic (exact) mass is 373 g/mol. The number of aromatic nitrogens is 4. The number of ether oxygens (including phenoxy) is 1. The van der Waals surface area contributed by atoms with Crippen LogP contribution >= 0.6 is 7.60 Å². The molecule has 1 fully saturated rings. The van der Waals surface area contributed by atoms with Crippen molar-refractivity contribution < 1.29 is 33.7 Å². The maximum absolute atomic E-state index is 11.6. The highest BCUT2D eigenvalue weighted by Crippen LogP contribution is 2.42. The number of nitrogens with zero attached hydrogens (tertiary/aromatic N) is 4. The minimum atomic E-state index is -4.30. The lowest BCUT2D eigenvalue weighted by Gasteiger charge is -2.17. The van der Waals surface area contributed by atoms with Gasteiger partial charge in [0.2, 0.25) is 0 Å². The number of imidazole rings is 1. The fourth-order valence-electron chi connectivity index (χ4n) is 2.52. The summed E-state index contributed by atoms with van der Waals surface area (Å²) in [6, 6.07) is 0. The molecule has 3 heterocycles. The molecule has 2 aromatic heterocycles. The number of aliphatic carboxylic acids is 1. The molecule has 1 aliphatic rings. The van der Waals surface area contributed by atoms with Gasteiger partial charge in [-0.05, 0) is 0 Å². The number of aliphatic hydroxyl groups is 1. The number of carbonyl (C=O) groups is 1. The summed E-state index contributed by atoms with van der Waals surface area (Å²) in [6.07, 6.45) is -0.671. The maximum atomic E-state index is 11.6. The fraction of sp³-hybridized carbons (Fsp3) is 0.500. The number of carboxylic acids is 1. The molecule has 0 aromatic carbocycles. The van der Waals surface area contributed by atoms with Gasteiger partial charge in [0, 0.05) is 6.42 Å². The van der Waals surface area contributed by atoms with Crippen molar-refractivity contribution in [2.24, 2.45) is 0 Å². The SMILES string of the molecule is Nc1ncnc2c1ncn2C1CC(O)C(COP(=O)(O)CC(=O)O)O1. The Morgan fingerprint density at radius 3 is 2.96 bits per heavy atom. The van der Waals surface area contributed by atoms with E-state index in [4.69, 9.17) is 20.1 Å². The van der Waals surface area contributed by atoms with Crippen LogP contribution in [0.5, 0.6) is 0 Å². The van der Waals surface area contributed by atoms with Gasteiger partial charge in [-0.3, -0.25) is 13.9 Å². The number of nitrogens with two attached hydrogens (primary N) is 1. The lowest BCUT2D eigenvalue weighted by Crippen LogP contribution is -2.26. The number of hydrogen-bond acceptors (Lipinski definition) is 9. The van der Waals surface area contributed by atoms with Gasteiger partial charge in [0.05, 0.1) is 19.0 Å². The number of rotatable bonds is 6. The Bertz CT molecular complexity index is 842. The van der Waals surface area contributed by atoms with Crippen molar-refractivity contribution in [3.05, 3.63) is 12.7 Å². The van der Waals surface area contributed by atoms with Gasteiger partial charge in [-0.1, -0.05) is 0 Å². The van der Waals surface area contributed by atoms with Crippen LogP contribution in [0.15, 0.2) is 12.7 Å². The summed E-state index contributed by atoms with van der Waals surface area (Å²) < 4.78 is 23.5. The summed E-state index contributed by atoms with van der Waals surface area (Å²) in [5.41, 5.74) is 6.53. The van der Waals surface area contributed by atoms with Gasteiger partial charge in [0.25, 0.3) is 0 Å². The molecule has 12 nitrogen and oxygen atoms in total. The number of anilines is 1. The standard InChI is InChI=1S/C12H16N5O7P/c13-11-10-12(15-4-14-11)17(5-16-10)8-1-6(18)7(24-8)2-23-25(21,22)3-9(19)20/h4-8,18H,1-3H2,(H,19,20)(H,21,22)(H2,13,14,15). The maximum Gasteiger partial charge on any atom is 0.339 e. The molecule has 0 saturated carbocycles. The number of aliphatic hydroxyl groups excluding tert-OH is 1. The molecule has 2 aromatic rings. The molecule has 5 N–H and O–H groups in total. The van der Waals surface area contributed by atoms with E-state index in [0.29, 0.717) is 11.2 Å². The van der Waals surface area contributed by atoms with Crippen LogP contribution in [0, 0.1) is 0 Å². The van der Waals surface area contributed by atoms with Gasteiger partial charge < -0.3 is 30.1 Å². The Hall–Kier alpha value is -2.11. The lowest BCUT2D eigenvalue weighted by atomic mass is 10.2. The van der Waals surface area contributed by atoms with E-state index in [1.54, 1.807) is 4.57 Å². The first-order valence-corrected chi connectivity index (χ1v) is 8.98. The van der Waals surface area contributed by atoms with Gasteiger partial charge in [-0.15, -0.1) is 0 Å². The predicted molar refractivity (Wildman–Crippen MR) is 82.5 cm³/mol. The molecular weight excluding hydrogens is 357 g/mol. The Labute approximate surface area is 140 Å². The molecule has 3 rings (SSSR count). The average molecular weight is 373 g/mol. The normalized spacial score (nSPS) is 25.9. The van der Waals surface area contributed by atoms with E-state index in [1.165, 1.54) is 12.7 Å². The van der Waals surface area contributed by atoms with Gasteiger partial charge >= 0.3 is 13.6 Å². The van der Waals surface area contributed by atoms with E-state index in [2.05, 4.69) is 15.0 Å². The molecule has 0 bridgehead atoms. The zero-order valence-electron chi connectivity index (χ0n) is 12.8. The summed E-state index contributed by atoms with van der Waals surface area (Å²) in [6.45, 7) is -0.428. The smallest absolute Gasteiger partial charge is 0.339 e. The third-order valence-electron chi connectivity index (χ3n) is 3.68. The zero-order valence-corrected chi connectivity index (χ0v) is 13.7. The van der Waals surface area contributed by atoms with Gasteiger partial charge in [-0.2, -0.15) is 0 Å². The molecule has 0 amide bonds. The molecule has 25 heavy (non-hydrogen) atoms. The number of hydrogen-bond donors (Lipinski definition) is 4. The fourth-order valence-corrected chi connectivity index (χ4v) is 3.34. The summed E-state index contributed by atoms with van der Waals surface area (Å²) in [4.78, 5) is 31.9. The minimum absolute atomic E-state index is 0.165. The molecule has 13 heteroatoms. The highest BCUT2D eigenvalue weighted by Gasteiger charge is 2.37. The molecule has 4 atom stereocenters. The highest BCUT2D eigenvalue weighted by molar-refractivity contribution is 7.53. The van der Waals surface area contributed by atoms with Crippen LogP contribution in [0.4, 0.5) is 5.82 Å². The first-order chi connectivity index (χ1) is 11.8. The van der Waals surface area contributed by atoms with E-state index in [0.717, 1.165) is 0 Å². The summed E-state index contributed by atoms with van der Waals surface area (Å²) in [5.74, 6) is -1.25. The van der Waals surface area contributed by atoms with Crippen molar-refractivity contribution in [3.8, 4) is 0 Å². The minimum Gasteiger partial charge on any atom is -0.481 e. The zero-order chi connectivity index (χ0) is 18.2. The lowest BCUT2D eigenvalue weighted by molar-refractivity contribution is -0.134. The van der Waals surface area contributed by atoms with E-state index in [-0.39, 0.29) is 12.2 Å². The molecule has 0 aliphatic carbocycles. The molecule has 0 spiro atoms. The van der Waals surface area contributed by atoms with Crippen LogP contribution < -0.4 is 5.73 Å². The van der Waals surface area contributed by atoms with Crippen molar-refractivity contribution >= 4 is 30.5 Å². The van der Waals surface area contributed by atoms with Crippen LogP contribution in [-0.2, 0) is 18.6 Å². The first-order valence-electron chi connectivity index (χ1n) is 7.21. The van der Waals surface area contributed by atoms with E-state index in [1.807, 2.05) is 0 Å². The number of fused-ring (bicyclic) bond motifs is 1. The molecule has 136 valence electrons. The molecule has 1 aliphatic heterocycles. The third kappa shape index (κ3) is 3.78. The van der Waals surface area contributed by atoms with Crippen molar-refractivity contribution in [2.75, 3.05) is 18.5 Å². The van der Waals surface area contributed by atoms with E-state index in [9.17, 15) is 19.4 Å². The van der Waals surface area contributed by atoms with Crippen molar-refractivity contribution in [3.63, 3.8) is 0 Å². The number of carboxylic acid groups (broad SMARTS) is 1. The summed E-state index contributed by atoms with van der Waals surface area (Å²) in [7, 11) is -4.30. The summed E-state index contributed by atoms with van der Waals surface area (Å²) in [5, 5.41) is 18.6. The Balaban J connectivity index is 1.70. The second-order valence-electron chi connectivity index (χ2n) is 5.50. The van der Waals surface area contributed by atoms with E-state index < -0.39 is 44.8 Å². The Morgan fingerprint density at radius 1 is 1.48 bits per heavy atom. The molecule has 0 radical (unpaired) electrons. The van der Waals surface area contributed by atoms with Crippen molar-refractivity contribution in [1.29, 1.82) is 0 Å². The van der Waals surface area contributed by atoms with E-state index >= 15 is 0 Å². The molecular formula is C12H16N5O7P. The van der Waals surface area contributed by atoms with Gasteiger partial charge in [-0.25, -0.2) is 15.0 Å². The average Bonchev–Trinajstić information content (AvgIpc) is 3.08. The molecule has 1 saturated heterocycles. The number of nitrogen functional groups attached to an aromatic ring is 1. The van der Waals surface area contributed by atoms with Gasteiger partial charge in [0.15, 0.2) is 11.5 Å². The Morgan fingerprint density at radius 2 is 2.24 bits per heavy atom. The second kappa shape index (κ2) is 6.65. The van der Waals surface area contributed by atoms with Crippen LogP contribution in [0.25, 0.3) is 11.2 Å². The van der Waals surface area contributed by atoms with Crippen molar-refractivity contribution in [1.82, 2.24) is 19.5 Å². The summed E-state index contributed by atoms with van der Waals surface area (Å²) >= 11 is 0.